The van der Waals surface area contributed by atoms with Crippen molar-refractivity contribution < 1.29 is 9.59 Å². The highest BCUT2D eigenvalue weighted by molar-refractivity contribution is 6.34. The van der Waals surface area contributed by atoms with Gasteiger partial charge < -0.3 is 15.5 Å². The first-order valence-corrected chi connectivity index (χ1v) is 7.95. The first-order valence-electron chi connectivity index (χ1n) is 7.58. The maximum Gasteiger partial charge on any atom is 0.255 e. The quantitative estimate of drug-likeness (QED) is 0.868. The maximum atomic E-state index is 12.6. The van der Waals surface area contributed by atoms with Crippen molar-refractivity contribution in [2.45, 2.75) is 32.2 Å². The van der Waals surface area contributed by atoms with Gasteiger partial charge in [-0.3, -0.25) is 9.59 Å². The minimum Gasteiger partial charge on any atom is -0.336 e. The van der Waals surface area contributed by atoms with Gasteiger partial charge in [-0.25, -0.2) is 0 Å². The summed E-state index contributed by atoms with van der Waals surface area (Å²) in [6.45, 7) is 3.07. The van der Waals surface area contributed by atoms with E-state index in [1.54, 1.807) is 25.2 Å². The summed E-state index contributed by atoms with van der Waals surface area (Å²) in [5.41, 5.74) is 1.08. The number of hydrogen-bond donors (Lipinski definition) is 2. The van der Waals surface area contributed by atoms with Crippen LogP contribution in [-0.2, 0) is 4.79 Å². The van der Waals surface area contributed by atoms with Crippen LogP contribution in [-0.4, -0.2) is 42.9 Å². The predicted molar refractivity (Wildman–Crippen MR) is 95.6 cm³/mol. The minimum absolute atomic E-state index is 0. The Labute approximate surface area is 148 Å². The number of hydrogen-bond acceptors (Lipinski definition) is 3. The highest BCUT2D eigenvalue weighted by Crippen LogP contribution is 2.25. The summed E-state index contributed by atoms with van der Waals surface area (Å²) >= 11 is 6.24. The van der Waals surface area contributed by atoms with Crippen LogP contribution in [0, 0.1) is 0 Å². The Morgan fingerprint density at radius 1 is 1.35 bits per heavy atom. The predicted octanol–water partition coefficient (Wildman–Crippen LogP) is 2.93. The molecule has 1 saturated heterocycles. The third-order valence-electron chi connectivity index (χ3n) is 3.88. The monoisotopic (exact) mass is 359 g/mol. The molecular weight excluding hydrogens is 337 g/mol. The zero-order valence-electron chi connectivity index (χ0n) is 13.4. The highest BCUT2D eigenvalue weighted by atomic mass is 35.5. The number of nitrogens with zero attached hydrogens (tertiary/aromatic N) is 1. The van der Waals surface area contributed by atoms with Crippen LogP contribution in [0.4, 0.5) is 5.69 Å². The molecule has 1 aromatic carbocycles. The molecule has 0 bridgehead atoms. The molecule has 2 N–H and O–H groups in total. The molecule has 0 radical (unpaired) electrons. The van der Waals surface area contributed by atoms with Crippen LogP contribution in [0.3, 0.4) is 0 Å². The van der Waals surface area contributed by atoms with Crippen molar-refractivity contribution in [2.24, 2.45) is 0 Å². The molecule has 0 spiro atoms. The van der Waals surface area contributed by atoms with E-state index >= 15 is 0 Å². The molecule has 1 unspecified atom stereocenters. The molecule has 0 aliphatic carbocycles. The highest BCUT2D eigenvalue weighted by Gasteiger charge is 2.25. The number of likely N-dealkylation sites (N-methyl/N-ethyl adjacent to an activating group) is 1. The lowest BCUT2D eigenvalue weighted by molar-refractivity contribution is -0.115. The zero-order valence-corrected chi connectivity index (χ0v) is 15.0. The summed E-state index contributed by atoms with van der Waals surface area (Å²) in [6, 6.07) is 5.26. The molecule has 1 heterocycles. The van der Waals surface area contributed by atoms with Gasteiger partial charge in [0.05, 0.1) is 17.1 Å². The van der Waals surface area contributed by atoms with E-state index in [4.69, 9.17) is 11.6 Å². The van der Waals surface area contributed by atoms with Crippen molar-refractivity contribution >= 4 is 41.5 Å². The smallest absolute Gasteiger partial charge is 0.255 e. The first-order chi connectivity index (χ1) is 10.5. The van der Waals surface area contributed by atoms with Crippen LogP contribution >= 0.6 is 24.0 Å². The molecule has 2 amide bonds. The van der Waals surface area contributed by atoms with E-state index in [-0.39, 0.29) is 36.8 Å². The van der Waals surface area contributed by atoms with Crippen LogP contribution in [0.2, 0.25) is 5.02 Å². The van der Waals surface area contributed by atoms with Crippen molar-refractivity contribution in [3.63, 3.8) is 0 Å². The topological polar surface area (TPSA) is 61.4 Å². The number of anilines is 1. The molecule has 1 aromatic rings. The number of carbonyl (C=O) groups excluding carboxylic acids is 2. The Morgan fingerprint density at radius 2 is 2.09 bits per heavy atom. The van der Waals surface area contributed by atoms with Gasteiger partial charge in [-0.05, 0) is 51.4 Å². The van der Waals surface area contributed by atoms with E-state index in [0.717, 1.165) is 25.8 Å². The lowest BCUT2D eigenvalue weighted by atomic mass is 10.0. The number of carbonyl (C=O) groups is 2. The average molecular weight is 360 g/mol. The van der Waals surface area contributed by atoms with Gasteiger partial charge in [0.1, 0.15) is 0 Å². The Morgan fingerprint density at radius 3 is 2.70 bits per heavy atom. The summed E-state index contributed by atoms with van der Waals surface area (Å²) in [4.78, 5) is 26.0. The average Bonchev–Trinajstić information content (AvgIpc) is 2.47. The molecule has 0 aromatic heterocycles. The van der Waals surface area contributed by atoms with E-state index in [1.807, 2.05) is 4.90 Å². The van der Waals surface area contributed by atoms with Crippen LogP contribution in [0.15, 0.2) is 18.2 Å². The number of amides is 2. The summed E-state index contributed by atoms with van der Waals surface area (Å²) in [7, 11) is 1.70. The fourth-order valence-electron chi connectivity index (χ4n) is 2.69. The number of rotatable bonds is 4. The van der Waals surface area contributed by atoms with Crippen molar-refractivity contribution in [3.05, 3.63) is 28.8 Å². The van der Waals surface area contributed by atoms with Crippen molar-refractivity contribution in [1.29, 1.82) is 0 Å². The van der Waals surface area contributed by atoms with Gasteiger partial charge in [0, 0.05) is 18.3 Å². The van der Waals surface area contributed by atoms with Gasteiger partial charge in [0.15, 0.2) is 0 Å². The zero-order chi connectivity index (χ0) is 16.1. The third kappa shape index (κ3) is 5.09. The molecular formula is C16H23Cl2N3O2. The van der Waals surface area contributed by atoms with Gasteiger partial charge in [0.25, 0.3) is 5.91 Å². The normalized spacial score (nSPS) is 17.3. The molecule has 1 fully saturated rings. The van der Waals surface area contributed by atoms with Crippen molar-refractivity contribution in [2.75, 3.05) is 25.5 Å². The third-order valence-corrected chi connectivity index (χ3v) is 4.20. The lowest BCUT2D eigenvalue weighted by Crippen LogP contribution is -2.42. The van der Waals surface area contributed by atoms with Gasteiger partial charge in [0.2, 0.25) is 5.91 Å². The Kier molecular flexibility index (Phi) is 7.82. The van der Waals surface area contributed by atoms with Crippen LogP contribution in [0.5, 0.6) is 0 Å². The minimum atomic E-state index is -0.151. The second-order valence-corrected chi connectivity index (χ2v) is 6.02. The van der Waals surface area contributed by atoms with Gasteiger partial charge in [-0.2, -0.15) is 0 Å². The molecule has 23 heavy (non-hydrogen) atoms. The summed E-state index contributed by atoms with van der Waals surface area (Å²) in [5, 5.41) is 5.87. The molecule has 1 aliphatic rings. The summed E-state index contributed by atoms with van der Waals surface area (Å²) in [6.07, 6.45) is 3.22. The van der Waals surface area contributed by atoms with E-state index in [2.05, 4.69) is 17.6 Å². The van der Waals surface area contributed by atoms with Crippen LogP contribution in [0.25, 0.3) is 0 Å². The van der Waals surface area contributed by atoms with Crippen LogP contribution in [0.1, 0.15) is 36.5 Å². The largest absolute Gasteiger partial charge is 0.336 e. The van der Waals surface area contributed by atoms with Gasteiger partial charge >= 0.3 is 0 Å². The van der Waals surface area contributed by atoms with E-state index in [9.17, 15) is 9.59 Å². The number of piperidine rings is 1. The number of halogens is 2. The Hall–Kier alpha value is -1.30. The SMILES string of the molecule is CNCC(=O)Nc1ccc(C(=O)N2CCCCC2C)c(Cl)c1.Cl. The molecule has 7 heteroatoms. The second kappa shape index (κ2) is 9.11. The maximum absolute atomic E-state index is 12.6. The van der Waals surface area contributed by atoms with Gasteiger partial charge in [-0.15, -0.1) is 12.4 Å². The first kappa shape index (κ1) is 19.7. The van der Waals surface area contributed by atoms with Crippen molar-refractivity contribution in [3.8, 4) is 0 Å². The van der Waals surface area contributed by atoms with Crippen LogP contribution < -0.4 is 10.6 Å². The number of nitrogens with one attached hydrogen (secondary N) is 2. The second-order valence-electron chi connectivity index (χ2n) is 5.62. The molecule has 5 nitrogen and oxygen atoms in total. The van der Waals surface area contributed by atoms with E-state index in [0.29, 0.717) is 16.3 Å². The number of likely N-dealkylation sites (tertiary alicyclic amines) is 1. The van der Waals surface area contributed by atoms with E-state index < -0.39 is 0 Å². The molecule has 1 atom stereocenters. The van der Waals surface area contributed by atoms with Gasteiger partial charge in [-0.1, -0.05) is 11.6 Å². The molecule has 0 saturated carbocycles. The number of benzene rings is 1. The molecule has 1 aliphatic heterocycles. The molecule has 2 rings (SSSR count). The standard InChI is InChI=1S/C16H22ClN3O2.ClH/c1-11-5-3-4-8-20(11)16(22)13-7-6-12(9-14(13)17)19-15(21)10-18-2;/h6-7,9,11,18H,3-5,8,10H2,1-2H3,(H,19,21);1H. The van der Waals surface area contributed by atoms with E-state index in [1.165, 1.54) is 0 Å². The van der Waals surface area contributed by atoms with Crippen molar-refractivity contribution in [1.82, 2.24) is 10.2 Å². The Balaban J connectivity index is 0.00000264. The fraction of sp³-hybridized carbons (Fsp3) is 0.500. The summed E-state index contributed by atoms with van der Waals surface area (Å²) in [5.74, 6) is -0.187. The lowest BCUT2D eigenvalue weighted by Gasteiger charge is -2.33. The molecule has 128 valence electrons. The fourth-order valence-corrected chi connectivity index (χ4v) is 2.95. The summed E-state index contributed by atoms with van der Waals surface area (Å²) < 4.78 is 0. The Bertz CT molecular complexity index is 566.